The molecule has 2 aromatic rings. The highest BCUT2D eigenvalue weighted by Crippen LogP contribution is 2.30. The number of aromatic nitrogens is 2. The lowest BCUT2D eigenvalue weighted by Crippen LogP contribution is -2.45. The summed E-state index contributed by atoms with van der Waals surface area (Å²) in [5.41, 5.74) is 5.03. The van der Waals surface area contributed by atoms with Gasteiger partial charge in [0.1, 0.15) is 5.82 Å². The van der Waals surface area contributed by atoms with E-state index in [0.717, 1.165) is 45.6 Å². The third-order valence-corrected chi connectivity index (χ3v) is 5.76. The van der Waals surface area contributed by atoms with Gasteiger partial charge in [-0.15, -0.1) is 0 Å². The Hall–Kier alpha value is -1.85. The molecular formula is C22H35N5. The molecule has 0 saturated carbocycles. The molecular weight excluding hydrogens is 334 g/mol. The van der Waals surface area contributed by atoms with Gasteiger partial charge in [-0.05, 0) is 45.4 Å². The van der Waals surface area contributed by atoms with E-state index in [1.54, 1.807) is 0 Å². The largest absolute Gasteiger partial charge is 0.354 e. The smallest absolute Gasteiger partial charge is 0.137 e. The molecule has 3 rings (SSSR count). The predicted octanol–water partition coefficient (Wildman–Crippen LogP) is 3.38. The molecule has 1 atom stereocenters. The average molecular weight is 370 g/mol. The molecule has 0 bridgehead atoms. The quantitative estimate of drug-likeness (QED) is 0.812. The maximum atomic E-state index is 5.08. The first-order valence-electron chi connectivity index (χ1n) is 10.4. The van der Waals surface area contributed by atoms with E-state index < -0.39 is 0 Å². The number of anilines is 1. The molecule has 0 spiro atoms. The zero-order chi connectivity index (χ0) is 19.4. The van der Waals surface area contributed by atoms with Gasteiger partial charge >= 0.3 is 0 Å². The fourth-order valence-corrected chi connectivity index (χ4v) is 3.68. The van der Waals surface area contributed by atoms with Crippen LogP contribution in [0.25, 0.3) is 5.69 Å². The van der Waals surface area contributed by atoms with Gasteiger partial charge in [-0.1, -0.05) is 32.0 Å². The summed E-state index contributed by atoms with van der Waals surface area (Å²) in [6.07, 6.45) is 2.09. The number of hydrogen-bond donors (Lipinski definition) is 1. The maximum absolute atomic E-state index is 5.08. The molecule has 1 N–H and O–H groups in total. The van der Waals surface area contributed by atoms with Gasteiger partial charge in [-0.3, -0.25) is 0 Å². The van der Waals surface area contributed by atoms with Gasteiger partial charge in [-0.25, -0.2) is 4.68 Å². The van der Waals surface area contributed by atoms with E-state index in [9.17, 15) is 0 Å². The lowest BCUT2D eigenvalue weighted by atomic mass is 10.1. The topological polar surface area (TPSA) is 36.3 Å². The Morgan fingerprint density at radius 3 is 2.44 bits per heavy atom. The van der Waals surface area contributed by atoms with Gasteiger partial charge < -0.3 is 15.1 Å². The highest BCUT2D eigenvalue weighted by molar-refractivity contribution is 5.57. The molecule has 0 aliphatic carbocycles. The van der Waals surface area contributed by atoms with Crippen LogP contribution in [0.3, 0.4) is 0 Å². The maximum Gasteiger partial charge on any atom is 0.137 e. The number of likely N-dealkylation sites (N-methyl/N-ethyl adjacent to an activating group) is 1. The Kier molecular flexibility index (Phi) is 6.55. The van der Waals surface area contributed by atoms with Crippen molar-refractivity contribution in [3.63, 3.8) is 0 Å². The van der Waals surface area contributed by atoms with Gasteiger partial charge in [-0.2, -0.15) is 5.10 Å². The Morgan fingerprint density at radius 2 is 1.81 bits per heavy atom. The van der Waals surface area contributed by atoms with Crippen molar-refractivity contribution >= 4 is 5.82 Å². The van der Waals surface area contributed by atoms with E-state index in [1.165, 1.54) is 28.3 Å². The van der Waals surface area contributed by atoms with Crippen molar-refractivity contribution in [1.29, 1.82) is 0 Å². The minimum atomic E-state index is 0.511. The van der Waals surface area contributed by atoms with Gasteiger partial charge in [0.05, 0.1) is 11.4 Å². The lowest BCUT2D eigenvalue weighted by molar-refractivity contribution is 0.311. The second-order valence-corrected chi connectivity index (χ2v) is 7.78. The molecule has 0 amide bonds. The molecule has 5 nitrogen and oxygen atoms in total. The number of hydrogen-bond acceptors (Lipinski definition) is 4. The summed E-state index contributed by atoms with van der Waals surface area (Å²) in [7, 11) is 2.21. The van der Waals surface area contributed by atoms with Gasteiger partial charge in [0.2, 0.25) is 0 Å². The van der Waals surface area contributed by atoms with Crippen molar-refractivity contribution in [2.24, 2.45) is 0 Å². The van der Waals surface area contributed by atoms with Crippen molar-refractivity contribution in [1.82, 2.24) is 20.0 Å². The monoisotopic (exact) mass is 369 g/mol. The van der Waals surface area contributed by atoms with Crippen LogP contribution >= 0.6 is 0 Å². The molecule has 1 aromatic carbocycles. The molecule has 1 unspecified atom stereocenters. The number of nitrogens with one attached hydrogen (secondary N) is 1. The Bertz CT molecular complexity index is 743. The summed E-state index contributed by atoms with van der Waals surface area (Å²) in [6.45, 7) is 14.0. The summed E-state index contributed by atoms with van der Waals surface area (Å²) in [5, 5.41) is 8.78. The molecule has 5 heteroatoms. The SMILES string of the molecule is CCc1nn(-c2ccccc2C)c(N2CCN(C)CC2)c1CNC(C)CC. The van der Waals surface area contributed by atoms with Gasteiger partial charge in [0.25, 0.3) is 0 Å². The lowest BCUT2D eigenvalue weighted by Gasteiger charge is -2.35. The Morgan fingerprint density at radius 1 is 1.11 bits per heavy atom. The molecule has 2 heterocycles. The zero-order valence-corrected chi connectivity index (χ0v) is 17.6. The van der Waals surface area contributed by atoms with E-state index in [4.69, 9.17) is 5.10 Å². The third kappa shape index (κ3) is 4.36. The summed E-state index contributed by atoms with van der Waals surface area (Å²) in [6, 6.07) is 9.09. The van der Waals surface area contributed by atoms with Gasteiger partial charge in [0, 0.05) is 44.3 Å². The van der Waals surface area contributed by atoms with Crippen molar-refractivity contribution in [2.45, 2.75) is 53.1 Å². The fourth-order valence-electron chi connectivity index (χ4n) is 3.68. The fraction of sp³-hybridized carbons (Fsp3) is 0.591. The van der Waals surface area contributed by atoms with Crippen molar-refractivity contribution in [3.05, 3.63) is 41.1 Å². The molecule has 1 saturated heterocycles. The number of aryl methyl sites for hydroxylation is 2. The van der Waals surface area contributed by atoms with Crippen LogP contribution in [0.2, 0.25) is 0 Å². The first-order valence-corrected chi connectivity index (χ1v) is 10.4. The number of para-hydroxylation sites is 1. The van der Waals surface area contributed by atoms with Crippen molar-refractivity contribution in [2.75, 3.05) is 38.1 Å². The van der Waals surface area contributed by atoms with Crippen LogP contribution in [0.5, 0.6) is 0 Å². The summed E-state index contributed by atoms with van der Waals surface area (Å²) in [5.74, 6) is 1.28. The number of rotatable bonds is 7. The van der Waals surface area contributed by atoms with E-state index in [2.05, 4.69) is 78.8 Å². The first kappa shape index (κ1) is 19.9. The summed E-state index contributed by atoms with van der Waals surface area (Å²) < 4.78 is 2.20. The van der Waals surface area contributed by atoms with Crippen LogP contribution in [0.4, 0.5) is 5.82 Å². The summed E-state index contributed by atoms with van der Waals surface area (Å²) in [4.78, 5) is 4.94. The molecule has 0 radical (unpaired) electrons. The van der Waals surface area contributed by atoms with Crippen LogP contribution in [-0.2, 0) is 13.0 Å². The average Bonchev–Trinajstić information content (AvgIpc) is 3.05. The molecule has 27 heavy (non-hydrogen) atoms. The molecule has 148 valence electrons. The van der Waals surface area contributed by atoms with Crippen molar-refractivity contribution in [3.8, 4) is 5.69 Å². The minimum absolute atomic E-state index is 0.511. The molecule has 1 aliphatic rings. The van der Waals surface area contributed by atoms with Crippen LogP contribution in [0.15, 0.2) is 24.3 Å². The third-order valence-electron chi connectivity index (χ3n) is 5.76. The van der Waals surface area contributed by atoms with Crippen LogP contribution in [0.1, 0.15) is 44.0 Å². The molecule has 1 fully saturated rings. The van der Waals surface area contributed by atoms with E-state index in [0.29, 0.717) is 6.04 Å². The number of piperazine rings is 1. The number of benzene rings is 1. The molecule has 1 aliphatic heterocycles. The van der Waals surface area contributed by atoms with Gasteiger partial charge in [0.15, 0.2) is 0 Å². The first-order chi connectivity index (χ1) is 13.0. The van der Waals surface area contributed by atoms with E-state index in [-0.39, 0.29) is 0 Å². The van der Waals surface area contributed by atoms with Crippen LogP contribution < -0.4 is 10.2 Å². The van der Waals surface area contributed by atoms with E-state index >= 15 is 0 Å². The van der Waals surface area contributed by atoms with Crippen molar-refractivity contribution < 1.29 is 0 Å². The van der Waals surface area contributed by atoms with Crippen LogP contribution in [0, 0.1) is 6.92 Å². The normalized spacial score (nSPS) is 16.7. The Balaban J connectivity index is 2.06. The highest BCUT2D eigenvalue weighted by atomic mass is 15.4. The summed E-state index contributed by atoms with van der Waals surface area (Å²) >= 11 is 0. The standard InChI is InChI=1S/C22H35N5/c1-6-18(4)23-16-19-20(7-2)24-27(21-11-9-8-10-17(21)3)22(19)26-14-12-25(5)13-15-26/h8-11,18,23H,6-7,12-16H2,1-5H3. The highest BCUT2D eigenvalue weighted by Gasteiger charge is 2.25. The van der Waals surface area contributed by atoms with Crippen LogP contribution in [-0.4, -0.2) is 53.9 Å². The second kappa shape index (κ2) is 8.89. The molecule has 1 aromatic heterocycles. The van der Waals surface area contributed by atoms with E-state index in [1.807, 2.05) is 0 Å². The number of nitrogens with zero attached hydrogens (tertiary/aromatic N) is 4. The minimum Gasteiger partial charge on any atom is -0.354 e. The second-order valence-electron chi connectivity index (χ2n) is 7.78. The Labute approximate surface area is 164 Å². The predicted molar refractivity (Wildman–Crippen MR) is 114 cm³/mol. The zero-order valence-electron chi connectivity index (χ0n) is 17.6.